The molecule has 0 saturated carbocycles. The molecule has 0 bridgehead atoms. The number of ether oxygens (including phenoxy) is 1. The number of halogens is 3. The Labute approximate surface area is 157 Å². The van der Waals surface area contributed by atoms with Gasteiger partial charge in [-0.05, 0) is 19.9 Å². The van der Waals surface area contributed by atoms with Crippen molar-refractivity contribution < 1.29 is 9.53 Å². The van der Waals surface area contributed by atoms with E-state index in [1.807, 2.05) is 18.4 Å². The van der Waals surface area contributed by atoms with E-state index in [-0.39, 0.29) is 43.3 Å². The lowest BCUT2D eigenvalue weighted by molar-refractivity contribution is 0.0946. The Kier molecular flexibility index (Phi) is 8.88. The number of nitrogens with zero attached hydrogens (tertiary/aromatic N) is 3. The molecule has 2 aromatic rings. The van der Waals surface area contributed by atoms with Gasteiger partial charge in [0.2, 0.25) is 0 Å². The maximum absolute atomic E-state index is 12.3. The van der Waals surface area contributed by atoms with Gasteiger partial charge < -0.3 is 20.4 Å². The van der Waals surface area contributed by atoms with Crippen LogP contribution in [0.2, 0.25) is 5.02 Å². The van der Waals surface area contributed by atoms with Crippen LogP contribution in [-0.2, 0) is 6.54 Å². The Hall–Kier alpha value is -1.70. The molecule has 2 rings (SSSR count). The van der Waals surface area contributed by atoms with Gasteiger partial charge in [0.15, 0.2) is 5.82 Å². The molecule has 0 fully saturated rings. The third-order valence-corrected chi connectivity index (χ3v) is 3.50. The summed E-state index contributed by atoms with van der Waals surface area (Å²) in [6.07, 6.45) is 1.63. The van der Waals surface area contributed by atoms with Crippen LogP contribution in [0.3, 0.4) is 0 Å². The van der Waals surface area contributed by atoms with Crippen molar-refractivity contribution in [2.45, 2.75) is 26.4 Å². The Morgan fingerprint density at radius 3 is 2.67 bits per heavy atom. The first-order chi connectivity index (χ1) is 10.4. The van der Waals surface area contributed by atoms with Gasteiger partial charge in [-0.15, -0.1) is 35.0 Å². The lowest BCUT2D eigenvalue weighted by Crippen LogP contribution is -2.25. The molecule has 1 aromatic carbocycles. The van der Waals surface area contributed by atoms with E-state index in [0.717, 1.165) is 0 Å². The molecule has 134 valence electrons. The summed E-state index contributed by atoms with van der Waals surface area (Å²) in [6.45, 7) is 4.27. The maximum Gasteiger partial charge on any atom is 0.255 e. The monoisotopic (exact) mass is 395 g/mol. The average molecular weight is 397 g/mol. The minimum absolute atomic E-state index is 0. The van der Waals surface area contributed by atoms with Crippen LogP contribution in [0.25, 0.3) is 0 Å². The largest absolute Gasteiger partial charge is 0.496 e. The van der Waals surface area contributed by atoms with E-state index in [9.17, 15) is 4.79 Å². The van der Waals surface area contributed by atoms with Crippen LogP contribution in [0, 0.1) is 0 Å². The Balaban J connectivity index is 0.00000264. The summed E-state index contributed by atoms with van der Waals surface area (Å²) in [5.74, 6) is 0.714. The fourth-order valence-electron chi connectivity index (χ4n) is 1.99. The number of nitrogens with two attached hydrogens (primary N) is 1. The molecule has 3 N–H and O–H groups in total. The van der Waals surface area contributed by atoms with Crippen molar-refractivity contribution in [3.05, 3.63) is 34.9 Å². The molecule has 0 saturated heterocycles. The number of amides is 1. The van der Waals surface area contributed by atoms with Gasteiger partial charge in [0, 0.05) is 12.1 Å². The van der Waals surface area contributed by atoms with Crippen molar-refractivity contribution in [1.29, 1.82) is 0 Å². The smallest absolute Gasteiger partial charge is 0.255 e. The Morgan fingerprint density at radius 2 is 2.08 bits per heavy atom. The standard InChI is InChI=1S/C14H18ClN5O2.2ClH/c1-8(2)20-7-18-19-13(20)6-17-14(21)9-4-10(15)11(16)5-12(9)22-3;;/h4-5,7-8H,6,16H2,1-3H3,(H,17,21);2*1H. The number of nitrogens with one attached hydrogen (secondary N) is 1. The van der Waals surface area contributed by atoms with E-state index in [0.29, 0.717) is 27.8 Å². The van der Waals surface area contributed by atoms with E-state index >= 15 is 0 Å². The second kappa shape index (κ2) is 9.56. The zero-order valence-electron chi connectivity index (χ0n) is 13.4. The molecule has 0 unspecified atom stereocenters. The minimum Gasteiger partial charge on any atom is -0.496 e. The number of hydrogen-bond donors (Lipinski definition) is 2. The summed E-state index contributed by atoms with van der Waals surface area (Å²) in [6, 6.07) is 3.22. The third-order valence-electron chi connectivity index (χ3n) is 3.17. The van der Waals surface area contributed by atoms with Crippen molar-refractivity contribution >= 4 is 48.0 Å². The normalized spacial score (nSPS) is 9.88. The van der Waals surface area contributed by atoms with E-state index < -0.39 is 0 Å². The fraction of sp³-hybridized carbons (Fsp3) is 0.357. The molecule has 24 heavy (non-hydrogen) atoms. The van der Waals surface area contributed by atoms with Gasteiger partial charge in [0.25, 0.3) is 5.91 Å². The molecular weight excluding hydrogens is 377 g/mol. The van der Waals surface area contributed by atoms with Crippen LogP contribution in [0.1, 0.15) is 36.1 Å². The lowest BCUT2D eigenvalue weighted by Gasteiger charge is -2.13. The number of carbonyl (C=O) groups is 1. The number of benzene rings is 1. The average Bonchev–Trinajstić information content (AvgIpc) is 2.95. The number of rotatable bonds is 5. The molecule has 1 aromatic heterocycles. The number of anilines is 1. The van der Waals surface area contributed by atoms with Crippen molar-refractivity contribution in [2.75, 3.05) is 12.8 Å². The van der Waals surface area contributed by atoms with Crippen LogP contribution in [-0.4, -0.2) is 27.8 Å². The van der Waals surface area contributed by atoms with Gasteiger partial charge in [-0.3, -0.25) is 4.79 Å². The molecule has 0 aliphatic rings. The molecule has 0 radical (unpaired) electrons. The quantitative estimate of drug-likeness (QED) is 0.758. The molecule has 0 aliphatic heterocycles. The molecule has 0 spiro atoms. The summed E-state index contributed by atoms with van der Waals surface area (Å²) in [7, 11) is 1.47. The predicted molar refractivity (Wildman–Crippen MR) is 98.5 cm³/mol. The number of methoxy groups -OCH3 is 1. The van der Waals surface area contributed by atoms with Crippen molar-refractivity contribution in [3.8, 4) is 5.75 Å². The first-order valence-electron chi connectivity index (χ1n) is 6.73. The van der Waals surface area contributed by atoms with E-state index in [1.165, 1.54) is 19.2 Å². The first-order valence-corrected chi connectivity index (χ1v) is 7.11. The summed E-state index contributed by atoms with van der Waals surface area (Å²) < 4.78 is 7.05. The molecule has 7 nitrogen and oxygen atoms in total. The summed E-state index contributed by atoms with van der Waals surface area (Å²) >= 11 is 5.97. The Morgan fingerprint density at radius 1 is 1.42 bits per heavy atom. The molecule has 0 atom stereocenters. The number of carbonyl (C=O) groups excluding carboxylic acids is 1. The minimum atomic E-state index is -0.322. The zero-order chi connectivity index (χ0) is 16.3. The van der Waals surface area contributed by atoms with E-state index in [4.69, 9.17) is 22.1 Å². The molecule has 0 aliphatic carbocycles. The van der Waals surface area contributed by atoms with Gasteiger partial charge in [-0.1, -0.05) is 11.6 Å². The topological polar surface area (TPSA) is 95.1 Å². The second-order valence-corrected chi connectivity index (χ2v) is 5.41. The van der Waals surface area contributed by atoms with Gasteiger partial charge in [-0.25, -0.2) is 0 Å². The highest BCUT2D eigenvalue weighted by molar-refractivity contribution is 6.33. The van der Waals surface area contributed by atoms with Crippen molar-refractivity contribution in [2.24, 2.45) is 0 Å². The van der Waals surface area contributed by atoms with E-state index in [1.54, 1.807) is 6.33 Å². The number of hydrogen-bond acceptors (Lipinski definition) is 5. The maximum atomic E-state index is 12.3. The fourth-order valence-corrected chi connectivity index (χ4v) is 2.16. The highest BCUT2D eigenvalue weighted by atomic mass is 35.5. The van der Waals surface area contributed by atoms with Crippen LogP contribution in [0.4, 0.5) is 5.69 Å². The van der Waals surface area contributed by atoms with E-state index in [2.05, 4.69) is 15.5 Å². The highest BCUT2D eigenvalue weighted by Gasteiger charge is 2.16. The predicted octanol–water partition coefficient (Wildman–Crippen LogP) is 2.88. The summed E-state index contributed by atoms with van der Waals surface area (Å²) in [5, 5.41) is 10.9. The van der Waals surface area contributed by atoms with Crippen LogP contribution < -0.4 is 15.8 Å². The number of nitrogen functional groups attached to an aromatic ring is 1. The van der Waals surface area contributed by atoms with Gasteiger partial charge in [-0.2, -0.15) is 0 Å². The van der Waals surface area contributed by atoms with Crippen LogP contribution in [0.15, 0.2) is 18.5 Å². The molecular formula is C14H20Cl3N5O2. The summed E-state index contributed by atoms with van der Waals surface area (Å²) in [4.78, 5) is 12.3. The van der Waals surface area contributed by atoms with Crippen LogP contribution in [0.5, 0.6) is 5.75 Å². The first kappa shape index (κ1) is 22.3. The van der Waals surface area contributed by atoms with Crippen molar-refractivity contribution in [3.63, 3.8) is 0 Å². The van der Waals surface area contributed by atoms with Gasteiger partial charge >= 0.3 is 0 Å². The molecule has 1 heterocycles. The van der Waals surface area contributed by atoms with Gasteiger partial charge in [0.1, 0.15) is 12.1 Å². The summed E-state index contributed by atoms with van der Waals surface area (Å²) in [5.41, 5.74) is 6.38. The van der Waals surface area contributed by atoms with Crippen molar-refractivity contribution in [1.82, 2.24) is 20.1 Å². The SMILES string of the molecule is COc1cc(N)c(Cl)cc1C(=O)NCc1nncn1C(C)C.Cl.Cl. The molecule has 1 amide bonds. The highest BCUT2D eigenvalue weighted by Crippen LogP contribution is 2.28. The lowest BCUT2D eigenvalue weighted by atomic mass is 10.1. The zero-order valence-corrected chi connectivity index (χ0v) is 15.8. The third kappa shape index (κ3) is 4.90. The molecule has 10 heteroatoms. The van der Waals surface area contributed by atoms with Gasteiger partial charge in [0.05, 0.1) is 29.9 Å². The number of aromatic nitrogens is 3. The van der Waals surface area contributed by atoms with Crippen LogP contribution >= 0.6 is 36.4 Å². The Bertz CT molecular complexity index is 691. The second-order valence-electron chi connectivity index (χ2n) is 5.00.